The number of carboxylic acids is 1. The summed E-state index contributed by atoms with van der Waals surface area (Å²) in [4.78, 5) is 48.4. The van der Waals surface area contributed by atoms with Gasteiger partial charge >= 0.3 is 5.97 Å². The number of nitrogens with one attached hydrogen (secondary N) is 3. The van der Waals surface area contributed by atoms with E-state index in [0.717, 1.165) is 5.56 Å². The van der Waals surface area contributed by atoms with Crippen LogP contribution in [0.4, 0.5) is 0 Å². The Bertz CT molecular complexity index is 720. The molecule has 3 unspecified atom stereocenters. The van der Waals surface area contributed by atoms with Crippen LogP contribution in [0.25, 0.3) is 0 Å². The lowest BCUT2D eigenvalue weighted by Crippen LogP contribution is -2.57. The molecule has 0 saturated carbocycles. The molecule has 0 heterocycles. The maximum Gasteiger partial charge on any atom is 0.326 e. The molecule has 30 heavy (non-hydrogen) atoms. The number of benzene rings is 1. The quantitative estimate of drug-likeness (QED) is 0.217. The zero-order valence-corrected chi connectivity index (χ0v) is 18.4. The van der Waals surface area contributed by atoms with Crippen LogP contribution in [0.2, 0.25) is 0 Å². The van der Waals surface area contributed by atoms with Crippen LogP contribution >= 0.6 is 24.4 Å². The van der Waals surface area contributed by atoms with Crippen LogP contribution in [-0.2, 0) is 25.6 Å². The average Bonchev–Trinajstić information content (AvgIpc) is 2.74. The SMILES string of the molecule is CSCCC(NC(=O)C(Cc1ccccc1)NC(=O)C(CS)NC(=O)CN)C(=O)O. The third kappa shape index (κ3) is 9.06. The molecule has 1 rings (SSSR count). The molecule has 11 heteroatoms. The van der Waals surface area contributed by atoms with Gasteiger partial charge in [0.2, 0.25) is 17.7 Å². The number of carboxylic acid groups (broad SMARTS) is 1. The van der Waals surface area contributed by atoms with Crippen LogP contribution in [0, 0.1) is 0 Å². The summed E-state index contributed by atoms with van der Waals surface area (Å²) in [5.41, 5.74) is 6.04. The van der Waals surface area contributed by atoms with E-state index in [9.17, 15) is 24.3 Å². The maximum absolute atomic E-state index is 12.8. The average molecular weight is 457 g/mol. The van der Waals surface area contributed by atoms with Crippen molar-refractivity contribution in [2.24, 2.45) is 5.73 Å². The predicted octanol–water partition coefficient (Wildman–Crippen LogP) is -0.590. The Morgan fingerprint density at radius 2 is 1.63 bits per heavy atom. The van der Waals surface area contributed by atoms with E-state index in [4.69, 9.17) is 5.73 Å². The predicted molar refractivity (Wildman–Crippen MR) is 119 cm³/mol. The van der Waals surface area contributed by atoms with Gasteiger partial charge in [0.15, 0.2) is 0 Å². The fraction of sp³-hybridized carbons (Fsp3) is 0.474. The lowest BCUT2D eigenvalue weighted by molar-refractivity contribution is -0.142. The number of hydrogen-bond acceptors (Lipinski definition) is 7. The molecule has 0 fully saturated rings. The van der Waals surface area contributed by atoms with Gasteiger partial charge in [0, 0.05) is 12.2 Å². The van der Waals surface area contributed by atoms with Crippen molar-refractivity contribution in [1.82, 2.24) is 16.0 Å². The molecule has 1 aromatic carbocycles. The Hall–Kier alpha value is -2.24. The van der Waals surface area contributed by atoms with Gasteiger partial charge in [-0.15, -0.1) is 0 Å². The van der Waals surface area contributed by atoms with Gasteiger partial charge in [0.1, 0.15) is 18.1 Å². The van der Waals surface area contributed by atoms with Crippen molar-refractivity contribution < 1.29 is 24.3 Å². The minimum absolute atomic E-state index is 0.00270. The van der Waals surface area contributed by atoms with Gasteiger partial charge in [-0.25, -0.2) is 4.79 Å². The van der Waals surface area contributed by atoms with E-state index in [0.29, 0.717) is 5.75 Å². The molecule has 3 atom stereocenters. The van der Waals surface area contributed by atoms with Crippen molar-refractivity contribution >= 4 is 48.1 Å². The number of nitrogens with two attached hydrogens (primary N) is 1. The minimum Gasteiger partial charge on any atom is -0.480 e. The molecule has 0 aliphatic heterocycles. The Balaban J connectivity index is 2.97. The number of amides is 3. The Kier molecular flexibility index (Phi) is 11.9. The van der Waals surface area contributed by atoms with Crippen LogP contribution in [0.1, 0.15) is 12.0 Å². The first kappa shape index (κ1) is 25.8. The van der Waals surface area contributed by atoms with Crippen molar-refractivity contribution in [3.8, 4) is 0 Å². The molecule has 0 bridgehead atoms. The largest absolute Gasteiger partial charge is 0.480 e. The first-order valence-electron chi connectivity index (χ1n) is 9.29. The molecule has 3 amide bonds. The summed E-state index contributed by atoms with van der Waals surface area (Å²) in [6.45, 7) is -0.290. The molecule has 0 spiro atoms. The number of thioether (sulfide) groups is 1. The summed E-state index contributed by atoms with van der Waals surface area (Å²) in [5, 5.41) is 16.9. The lowest BCUT2D eigenvalue weighted by atomic mass is 10.0. The topological polar surface area (TPSA) is 151 Å². The summed E-state index contributed by atoms with van der Waals surface area (Å²) in [6, 6.07) is 5.90. The molecular formula is C19H28N4O5S2. The zero-order valence-electron chi connectivity index (χ0n) is 16.7. The van der Waals surface area contributed by atoms with E-state index in [2.05, 4.69) is 28.6 Å². The molecule has 0 saturated heterocycles. The van der Waals surface area contributed by atoms with Crippen molar-refractivity contribution in [2.45, 2.75) is 31.0 Å². The van der Waals surface area contributed by atoms with Gasteiger partial charge in [-0.1, -0.05) is 30.3 Å². The molecule has 0 aliphatic carbocycles. The number of carbonyl (C=O) groups is 4. The van der Waals surface area contributed by atoms with Crippen molar-refractivity contribution in [3.05, 3.63) is 35.9 Å². The van der Waals surface area contributed by atoms with Gasteiger partial charge in [0.05, 0.1) is 6.54 Å². The van der Waals surface area contributed by atoms with E-state index in [-0.39, 0.29) is 25.1 Å². The molecule has 0 radical (unpaired) electrons. The van der Waals surface area contributed by atoms with Gasteiger partial charge < -0.3 is 26.8 Å². The number of thiol groups is 1. The smallest absolute Gasteiger partial charge is 0.326 e. The monoisotopic (exact) mass is 456 g/mol. The highest BCUT2D eigenvalue weighted by Crippen LogP contribution is 2.07. The fourth-order valence-corrected chi connectivity index (χ4v) is 3.27. The summed E-state index contributed by atoms with van der Waals surface area (Å²) in [6.07, 6.45) is 2.24. The Morgan fingerprint density at radius 1 is 1.03 bits per heavy atom. The van der Waals surface area contributed by atoms with Crippen molar-refractivity contribution in [3.63, 3.8) is 0 Å². The second kappa shape index (κ2) is 13.9. The first-order chi connectivity index (χ1) is 14.3. The summed E-state index contributed by atoms with van der Waals surface area (Å²) >= 11 is 5.53. The number of hydrogen-bond donors (Lipinski definition) is 6. The highest BCUT2D eigenvalue weighted by atomic mass is 32.2. The third-order valence-electron chi connectivity index (χ3n) is 4.16. The van der Waals surface area contributed by atoms with Crippen LogP contribution in [0.3, 0.4) is 0 Å². The number of rotatable bonds is 13. The number of carbonyl (C=O) groups excluding carboxylic acids is 3. The highest BCUT2D eigenvalue weighted by Gasteiger charge is 2.29. The standard InChI is InChI=1S/C19H28N4O5S2/c1-30-8-7-13(19(27)28)22-17(25)14(9-12-5-3-2-4-6-12)23-18(26)15(11-29)21-16(24)10-20/h2-6,13-15,29H,7-11,20H2,1H3,(H,21,24)(H,22,25)(H,23,26)(H,27,28). The maximum atomic E-state index is 12.8. The Labute approximate surface area is 185 Å². The molecule has 0 aliphatic rings. The molecule has 6 N–H and O–H groups in total. The second-order valence-corrected chi connectivity index (χ2v) is 7.79. The van der Waals surface area contributed by atoms with Crippen LogP contribution in [0.15, 0.2) is 30.3 Å². The van der Waals surface area contributed by atoms with Crippen LogP contribution in [-0.4, -0.2) is 71.2 Å². The van der Waals surface area contributed by atoms with E-state index in [1.807, 2.05) is 12.3 Å². The minimum atomic E-state index is -1.15. The molecule has 166 valence electrons. The van der Waals surface area contributed by atoms with E-state index in [1.165, 1.54) is 11.8 Å². The third-order valence-corrected chi connectivity index (χ3v) is 5.17. The fourth-order valence-electron chi connectivity index (χ4n) is 2.54. The lowest BCUT2D eigenvalue weighted by Gasteiger charge is -2.24. The van der Waals surface area contributed by atoms with E-state index >= 15 is 0 Å². The first-order valence-corrected chi connectivity index (χ1v) is 11.3. The van der Waals surface area contributed by atoms with Gasteiger partial charge in [0.25, 0.3) is 0 Å². The Morgan fingerprint density at radius 3 is 2.17 bits per heavy atom. The molecular weight excluding hydrogens is 428 g/mol. The summed E-state index contributed by atoms with van der Waals surface area (Å²) in [7, 11) is 0. The van der Waals surface area contributed by atoms with E-state index in [1.54, 1.807) is 24.3 Å². The van der Waals surface area contributed by atoms with Crippen molar-refractivity contribution in [1.29, 1.82) is 0 Å². The van der Waals surface area contributed by atoms with Crippen LogP contribution < -0.4 is 21.7 Å². The summed E-state index contributed by atoms with van der Waals surface area (Å²) < 4.78 is 0. The van der Waals surface area contributed by atoms with Gasteiger partial charge in [-0.05, 0) is 24.0 Å². The van der Waals surface area contributed by atoms with Crippen LogP contribution in [0.5, 0.6) is 0 Å². The molecule has 1 aromatic rings. The van der Waals surface area contributed by atoms with Gasteiger partial charge in [-0.2, -0.15) is 24.4 Å². The molecule has 0 aromatic heterocycles. The normalized spacial score (nSPS) is 13.6. The van der Waals surface area contributed by atoms with E-state index < -0.39 is 41.8 Å². The zero-order chi connectivity index (χ0) is 22.5. The van der Waals surface area contributed by atoms with Gasteiger partial charge in [-0.3, -0.25) is 14.4 Å². The highest BCUT2D eigenvalue weighted by molar-refractivity contribution is 7.98. The summed E-state index contributed by atoms with van der Waals surface area (Å²) in [5.74, 6) is -2.35. The molecule has 9 nitrogen and oxygen atoms in total. The number of aliphatic carboxylic acids is 1. The van der Waals surface area contributed by atoms with Crippen molar-refractivity contribution in [2.75, 3.05) is 24.3 Å². The second-order valence-electron chi connectivity index (χ2n) is 6.44.